The van der Waals surface area contributed by atoms with E-state index in [0.717, 1.165) is 24.5 Å². The maximum Gasteiger partial charge on any atom is 0.269 e. The molecule has 6 heteroatoms. The molecule has 0 aliphatic carbocycles. The van der Waals surface area contributed by atoms with Crippen LogP contribution in [0.3, 0.4) is 0 Å². The van der Waals surface area contributed by atoms with Crippen LogP contribution in [0.5, 0.6) is 0 Å². The Morgan fingerprint density at radius 3 is 2.71 bits per heavy atom. The Hall–Kier alpha value is -2.37. The summed E-state index contributed by atoms with van der Waals surface area (Å²) in [6.07, 6.45) is 5.38. The summed E-state index contributed by atoms with van der Waals surface area (Å²) in [5, 5.41) is 4.26. The molecule has 3 heterocycles. The first-order chi connectivity index (χ1) is 10.2. The van der Waals surface area contributed by atoms with E-state index in [-0.39, 0.29) is 5.56 Å². The van der Waals surface area contributed by atoms with Crippen molar-refractivity contribution >= 4 is 11.5 Å². The quantitative estimate of drug-likeness (QED) is 0.918. The fourth-order valence-electron chi connectivity index (χ4n) is 2.61. The van der Waals surface area contributed by atoms with Crippen LogP contribution < -0.4 is 16.2 Å². The number of piperidine rings is 1. The van der Waals surface area contributed by atoms with Gasteiger partial charge in [-0.3, -0.25) is 4.79 Å². The molecule has 0 aromatic carbocycles. The van der Waals surface area contributed by atoms with Crippen LogP contribution in [0.15, 0.2) is 35.3 Å². The highest BCUT2D eigenvalue weighted by atomic mass is 16.1. The number of hydrogen-bond donors (Lipinski definition) is 1. The predicted octanol–water partition coefficient (Wildman–Crippen LogP) is 1.26. The maximum atomic E-state index is 12.2. The van der Waals surface area contributed by atoms with Crippen molar-refractivity contribution in [1.82, 2.24) is 14.8 Å². The van der Waals surface area contributed by atoms with Crippen molar-refractivity contribution in [3.63, 3.8) is 0 Å². The second-order valence-electron chi connectivity index (χ2n) is 5.31. The minimum atomic E-state index is -0.109. The van der Waals surface area contributed by atoms with Gasteiger partial charge >= 0.3 is 0 Å². The maximum absolute atomic E-state index is 12.2. The standard InChI is InChI=1S/C15H19N5O/c16-14-6-4-5-12(18-14)11-20-15(21)9-13(10-17-20)19-7-2-1-3-8-19/h4-6,9-10H,1-3,7-8,11H2,(H2,16,18). The molecule has 1 aliphatic heterocycles. The number of hydrogen-bond acceptors (Lipinski definition) is 5. The molecular formula is C15H19N5O. The van der Waals surface area contributed by atoms with E-state index < -0.39 is 0 Å². The molecule has 2 aromatic heterocycles. The zero-order valence-corrected chi connectivity index (χ0v) is 11.9. The molecule has 0 radical (unpaired) electrons. The van der Waals surface area contributed by atoms with Crippen LogP contribution in [0.25, 0.3) is 0 Å². The minimum absolute atomic E-state index is 0.109. The lowest BCUT2D eigenvalue weighted by molar-refractivity contribution is 0.570. The van der Waals surface area contributed by atoms with Crippen molar-refractivity contribution in [2.75, 3.05) is 23.7 Å². The second-order valence-corrected chi connectivity index (χ2v) is 5.31. The first-order valence-electron chi connectivity index (χ1n) is 7.26. The summed E-state index contributed by atoms with van der Waals surface area (Å²) < 4.78 is 1.41. The summed E-state index contributed by atoms with van der Waals surface area (Å²) in [7, 11) is 0. The Labute approximate surface area is 123 Å². The number of anilines is 2. The number of rotatable bonds is 3. The summed E-state index contributed by atoms with van der Waals surface area (Å²) in [6, 6.07) is 7.04. The van der Waals surface area contributed by atoms with E-state index in [1.807, 2.05) is 12.1 Å². The van der Waals surface area contributed by atoms with Crippen LogP contribution in [0.4, 0.5) is 11.5 Å². The van der Waals surface area contributed by atoms with Crippen molar-refractivity contribution in [3.05, 3.63) is 46.5 Å². The van der Waals surface area contributed by atoms with Crippen LogP contribution >= 0.6 is 0 Å². The lowest BCUT2D eigenvalue weighted by Crippen LogP contribution is -2.32. The van der Waals surface area contributed by atoms with Gasteiger partial charge in [0.05, 0.1) is 24.1 Å². The van der Waals surface area contributed by atoms with Gasteiger partial charge in [0.1, 0.15) is 5.82 Å². The molecule has 0 amide bonds. The summed E-state index contributed by atoms with van der Waals surface area (Å²) in [5.74, 6) is 0.450. The average molecular weight is 285 g/mol. The lowest BCUT2D eigenvalue weighted by Gasteiger charge is -2.28. The molecule has 6 nitrogen and oxygen atoms in total. The van der Waals surface area contributed by atoms with E-state index in [4.69, 9.17) is 5.73 Å². The summed E-state index contributed by atoms with van der Waals surface area (Å²) in [5.41, 5.74) is 7.18. The summed E-state index contributed by atoms with van der Waals surface area (Å²) in [6.45, 7) is 2.34. The lowest BCUT2D eigenvalue weighted by atomic mass is 10.1. The van der Waals surface area contributed by atoms with Gasteiger partial charge < -0.3 is 10.6 Å². The molecule has 110 valence electrons. The van der Waals surface area contributed by atoms with Crippen LogP contribution in [-0.2, 0) is 6.54 Å². The summed E-state index contributed by atoms with van der Waals surface area (Å²) >= 11 is 0. The third-order valence-electron chi connectivity index (χ3n) is 3.72. The fraction of sp³-hybridized carbons (Fsp3) is 0.400. The molecule has 2 N–H and O–H groups in total. The van der Waals surface area contributed by atoms with E-state index in [0.29, 0.717) is 12.4 Å². The van der Waals surface area contributed by atoms with Gasteiger partial charge in [0.2, 0.25) is 0 Å². The van der Waals surface area contributed by atoms with Gasteiger partial charge in [-0.05, 0) is 31.4 Å². The molecule has 1 fully saturated rings. The first-order valence-corrected chi connectivity index (χ1v) is 7.26. The average Bonchev–Trinajstić information content (AvgIpc) is 2.50. The Balaban J connectivity index is 1.79. The zero-order valence-electron chi connectivity index (χ0n) is 11.9. The second kappa shape index (κ2) is 5.95. The van der Waals surface area contributed by atoms with E-state index in [1.165, 1.54) is 23.9 Å². The van der Waals surface area contributed by atoms with Crippen molar-refractivity contribution in [2.24, 2.45) is 0 Å². The topological polar surface area (TPSA) is 77.0 Å². The normalized spacial score (nSPS) is 15.1. The van der Waals surface area contributed by atoms with Gasteiger partial charge in [0.25, 0.3) is 5.56 Å². The Morgan fingerprint density at radius 1 is 1.19 bits per heavy atom. The van der Waals surface area contributed by atoms with Crippen LogP contribution in [0.2, 0.25) is 0 Å². The molecule has 1 aliphatic rings. The molecule has 21 heavy (non-hydrogen) atoms. The van der Waals surface area contributed by atoms with Gasteiger partial charge in [-0.15, -0.1) is 0 Å². The molecule has 0 bridgehead atoms. The van der Waals surface area contributed by atoms with E-state index in [1.54, 1.807) is 18.3 Å². The SMILES string of the molecule is Nc1cccc(Cn2ncc(N3CCCCC3)cc2=O)n1. The molecule has 0 unspecified atom stereocenters. The molecule has 2 aromatic rings. The van der Waals surface area contributed by atoms with Crippen LogP contribution in [0, 0.1) is 0 Å². The smallest absolute Gasteiger partial charge is 0.269 e. The molecule has 0 atom stereocenters. The van der Waals surface area contributed by atoms with Gasteiger partial charge in [0.15, 0.2) is 0 Å². The highest BCUT2D eigenvalue weighted by Crippen LogP contribution is 2.16. The zero-order chi connectivity index (χ0) is 14.7. The highest BCUT2D eigenvalue weighted by molar-refractivity contribution is 5.43. The van der Waals surface area contributed by atoms with E-state index in [2.05, 4.69) is 15.0 Å². The monoisotopic (exact) mass is 285 g/mol. The molecule has 0 saturated carbocycles. The van der Waals surface area contributed by atoms with E-state index >= 15 is 0 Å². The Kier molecular flexibility index (Phi) is 3.85. The van der Waals surface area contributed by atoms with E-state index in [9.17, 15) is 4.79 Å². The predicted molar refractivity (Wildman–Crippen MR) is 82.3 cm³/mol. The van der Waals surface area contributed by atoms with Gasteiger partial charge in [-0.1, -0.05) is 6.07 Å². The summed E-state index contributed by atoms with van der Waals surface area (Å²) in [4.78, 5) is 18.6. The first kappa shape index (κ1) is 13.6. The van der Waals surface area contributed by atoms with Crippen molar-refractivity contribution in [2.45, 2.75) is 25.8 Å². The number of nitrogen functional groups attached to an aromatic ring is 1. The number of nitrogens with two attached hydrogens (primary N) is 1. The largest absolute Gasteiger partial charge is 0.384 e. The fourth-order valence-corrected chi connectivity index (χ4v) is 2.61. The van der Waals surface area contributed by atoms with Crippen LogP contribution in [-0.4, -0.2) is 27.9 Å². The highest BCUT2D eigenvalue weighted by Gasteiger charge is 2.12. The van der Waals surface area contributed by atoms with Crippen molar-refractivity contribution < 1.29 is 0 Å². The Morgan fingerprint density at radius 2 is 2.00 bits per heavy atom. The molecule has 1 saturated heterocycles. The van der Waals surface area contributed by atoms with Gasteiger partial charge in [-0.2, -0.15) is 5.10 Å². The third kappa shape index (κ3) is 3.21. The molecule has 0 spiro atoms. The minimum Gasteiger partial charge on any atom is -0.384 e. The van der Waals surface area contributed by atoms with Crippen LogP contribution in [0.1, 0.15) is 25.0 Å². The van der Waals surface area contributed by atoms with Gasteiger partial charge in [0, 0.05) is 19.2 Å². The number of pyridine rings is 1. The van der Waals surface area contributed by atoms with Crippen molar-refractivity contribution in [1.29, 1.82) is 0 Å². The Bertz CT molecular complexity index is 676. The molecule has 3 rings (SSSR count). The van der Waals surface area contributed by atoms with Crippen molar-refractivity contribution in [3.8, 4) is 0 Å². The van der Waals surface area contributed by atoms with Gasteiger partial charge in [-0.25, -0.2) is 9.67 Å². The number of aromatic nitrogens is 3. The third-order valence-corrected chi connectivity index (χ3v) is 3.72. The molecular weight excluding hydrogens is 266 g/mol. The number of nitrogens with zero attached hydrogens (tertiary/aromatic N) is 4.